The Labute approximate surface area is 151 Å². The van der Waals surface area contributed by atoms with Crippen LogP contribution in [0, 0.1) is 0 Å². The van der Waals surface area contributed by atoms with E-state index in [4.69, 9.17) is 17.0 Å². The summed E-state index contributed by atoms with van der Waals surface area (Å²) in [6.45, 7) is 3.86. The van der Waals surface area contributed by atoms with Crippen molar-refractivity contribution in [3.63, 3.8) is 0 Å². The van der Waals surface area contributed by atoms with Crippen molar-refractivity contribution in [1.82, 2.24) is 10.6 Å². The summed E-state index contributed by atoms with van der Waals surface area (Å²) in [6, 6.07) is 5.76. The van der Waals surface area contributed by atoms with Crippen LogP contribution in [0.3, 0.4) is 0 Å². The van der Waals surface area contributed by atoms with Crippen LogP contribution >= 0.6 is 28.1 Å². The van der Waals surface area contributed by atoms with Gasteiger partial charge in [-0.2, -0.15) is 0 Å². The molecule has 0 atom stereocenters. The Morgan fingerprint density at radius 3 is 2.65 bits per heavy atom. The quantitative estimate of drug-likeness (QED) is 0.747. The third-order valence-electron chi connectivity index (χ3n) is 3.72. The lowest BCUT2D eigenvalue weighted by atomic mass is 9.96. The van der Waals surface area contributed by atoms with Gasteiger partial charge in [0.15, 0.2) is 5.11 Å². The highest BCUT2D eigenvalue weighted by molar-refractivity contribution is 9.10. The van der Waals surface area contributed by atoms with Gasteiger partial charge < -0.3 is 10.1 Å². The van der Waals surface area contributed by atoms with Gasteiger partial charge in [0.1, 0.15) is 5.75 Å². The van der Waals surface area contributed by atoms with Gasteiger partial charge in [0.25, 0.3) is 5.91 Å². The first kappa shape index (κ1) is 18.2. The third-order valence-corrected chi connectivity index (χ3v) is 4.43. The van der Waals surface area contributed by atoms with Crippen molar-refractivity contribution in [2.45, 2.75) is 58.1 Å². The predicted octanol–water partition coefficient (Wildman–Crippen LogP) is 4.17. The van der Waals surface area contributed by atoms with Gasteiger partial charge in [-0.25, -0.2) is 0 Å². The SMILES string of the molecule is CC(C)Oc1ccc(Br)cc1C(=O)NC(=S)NC1CCCCC1. The molecular formula is C17H23BrN2O2S. The molecule has 2 rings (SSSR count). The van der Waals surface area contributed by atoms with E-state index in [1.165, 1.54) is 19.3 Å². The smallest absolute Gasteiger partial charge is 0.261 e. The Bertz CT molecular complexity index is 572. The number of benzene rings is 1. The lowest BCUT2D eigenvalue weighted by Gasteiger charge is -2.24. The van der Waals surface area contributed by atoms with Crippen LogP contribution in [-0.4, -0.2) is 23.2 Å². The van der Waals surface area contributed by atoms with E-state index >= 15 is 0 Å². The van der Waals surface area contributed by atoms with Crippen molar-refractivity contribution in [3.8, 4) is 5.75 Å². The number of hydrogen-bond donors (Lipinski definition) is 2. The first-order chi connectivity index (χ1) is 11.0. The van der Waals surface area contributed by atoms with E-state index in [1.54, 1.807) is 12.1 Å². The summed E-state index contributed by atoms with van der Waals surface area (Å²) in [4.78, 5) is 12.5. The molecule has 0 unspecified atom stereocenters. The highest BCUT2D eigenvalue weighted by atomic mass is 79.9. The zero-order chi connectivity index (χ0) is 16.8. The average Bonchev–Trinajstić information content (AvgIpc) is 2.49. The molecule has 0 saturated heterocycles. The van der Waals surface area contributed by atoms with Gasteiger partial charge in [-0.05, 0) is 57.1 Å². The number of carbonyl (C=O) groups excluding carboxylic acids is 1. The maximum absolute atomic E-state index is 12.5. The molecule has 0 aromatic heterocycles. The molecule has 126 valence electrons. The van der Waals surface area contributed by atoms with Crippen LogP contribution in [0.2, 0.25) is 0 Å². The van der Waals surface area contributed by atoms with E-state index in [0.717, 1.165) is 17.3 Å². The van der Waals surface area contributed by atoms with Crippen LogP contribution in [0.15, 0.2) is 22.7 Å². The van der Waals surface area contributed by atoms with Crippen LogP contribution in [0.4, 0.5) is 0 Å². The van der Waals surface area contributed by atoms with Crippen molar-refractivity contribution in [3.05, 3.63) is 28.2 Å². The summed E-state index contributed by atoms with van der Waals surface area (Å²) >= 11 is 8.67. The van der Waals surface area contributed by atoms with Crippen molar-refractivity contribution in [2.75, 3.05) is 0 Å². The fraction of sp³-hybridized carbons (Fsp3) is 0.529. The highest BCUT2D eigenvalue weighted by Gasteiger charge is 2.18. The molecule has 1 aromatic carbocycles. The minimum absolute atomic E-state index is 0.00459. The number of halogens is 1. The molecule has 1 aliphatic carbocycles. The summed E-state index contributed by atoms with van der Waals surface area (Å²) in [5.74, 6) is 0.302. The van der Waals surface area contributed by atoms with Gasteiger partial charge in [0.2, 0.25) is 0 Å². The van der Waals surface area contributed by atoms with E-state index in [2.05, 4.69) is 26.6 Å². The maximum Gasteiger partial charge on any atom is 0.261 e. The minimum atomic E-state index is -0.254. The number of hydrogen-bond acceptors (Lipinski definition) is 3. The first-order valence-electron chi connectivity index (χ1n) is 8.03. The number of carbonyl (C=O) groups is 1. The van der Waals surface area contributed by atoms with Gasteiger partial charge in [-0.3, -0.25) is 10.1 Å². The Kier molecular flexibility index (Phi) is 6.84. The Morgan fingerprint density at radius 2 is 2.00 bits per heavy atom. The van der Waals surface area contributed by atoms with E-state index < -0.39 is 0 Å². The zero-order valence-electron chi connectivity index (χ0n) is 13.5. The molecule has 1 fully saturated rings. The number of nitrogens with one attached hydrogen (secondary N) is 2. The standard InChI is InChI=1S/C17H23BrN2O2S/c1-11(2)22-15-9-8-12(18)10-14(15)16(21)20-17(23)19-13-6-4-3-5-7-13/h8-11,13H,3-7H2,1-2H3,(H2,19,20,21,23). The van der Waals surface area contributed by atoms with Crippen molar-refractivity contribution < 1.29 is 9.53 Å². The van der Waals surface area contributed by atoms with Gasteiger partial charge in [-0.15, -0.1) is 0 Å². The molecule has 0 radical (unpaired) electrons. The lowest BCUT2D eigenvalue weighted by Crippen LogP contribution is -2.45. The molecule has 0 aliphatic heterocycles. The third kappa shape index (κ3) is 5.77. The molecule has 4 nitrogen and oxygen atoms in total. The lowest BCUT2D eigenvalue weighted by molar-refractivity contribution is 0.0970. The van der Waals surface area contributed by atoms with Crippen LogP contribution in [0.1, 0.15) is 56.3 Å². The molecule has 1 saturated carbocycles. The minimum Gasteiger partial charge on any atom is -0.490 e. The van der Waals surface area contributed by atoms with Gasteiger partial charge >= 0.3 is 0 Å². The number of ether oxygens (including phenoxy) is 1. The molecule has 1 aliphatic rings. The van der Waals surface area contributed by atoms with Crippen LogP contribution in [0.25, 0.3) is 0 Å². The summed E-state index contributed by atoms with van der Waals surface area (Å²) in [5, 5.41) is 6.39. The van der Waals surface area contributed by atoms with Crippen molar-refractivity contribution in [2.24, 2.45) is 0 Å². The van der Waals surface area contributed by atoms with E-state index in [9.17, 15) is 4.79 Å². The molecule has 0 bridgehead atoms. The topological polar surface area (TPSA) is 50.4 Å². The van der Waals surface area contributed by atoms with Crippen LogP contribution in [-0.2, 0) is 0 Å². The predicted molar refractivity (Wildman–Crippen MR) is 100.0 cm³/mol. The molecule has 23 heavy (non-hydrogen) atoms. The number of thiocarbonyl (C=S) groups is 1. The van der Waals surface area contributed by atoms with Crippen molar-refractivity contribution in [1.29, 1.82) is 0 Å². The van der Waals surface area contributed by atoms with Gasteiger partial charge in [0.05, 0.1) is 11.7 Å². The fourth-order valence-electron chi connectivity index (χ4n) is 2.68. The van der Waals surface area contributed by atoms with Crippen molar-refractivity contribution >= 4 is 39.2 Å². The zero-order valence-corrected chi connectivity index (χ0v) is 15.9. The Morgan fingerprint density at radius 1 is 1.30 bits per heavy atom. The Hall–Kier alpha value is -1.14. The highest BCUT2D eigenvalue weighted by Crippen LogP contribution is 2.24. The molecule has 6 heteroatoms. The fourth-order valence-corrected chi connectivity index (χ4v) is 3.30. The molecular weight excluding hydrogens is 376 g/mol. The largest absolute Gasteiger partial charge is 0.490 e. The maximum atomic E-state index is 12.5. The number of rotatable bonds is 4. The average molecular weight is 399 g/mol. The van der Waals surface area contributed by atoms with Crippen LogP contribution in [0.5, 0.6) is 5.75 Å². The summed E-state index contributed by atoms with van der Waals surface area (Å²) in [5.41, 5.74) is 0.473. The summed E-state index contributed by atoms with van der Waals surface area (Å²) < 4.78 is 6.53. The molecule has 1 aromatic rings. The van der Waals surface area contributed by atoms with Gasteiger partial charge in [-0.1, -0.05) is 35.2 Å². The number of amides is 1. The van der Waals surface area contributed by atoms with Crippen LogP contribution < -0.4 is 15.4 Å². The molecule has 0 spiro atoms. The molecule has 1 amide bonds. The molecule has 2 N–H and O–H groups in total. The second-order valence-electron chi connectivity index (χ2n) is 6.07. The summed E-state index contributed by atoms with van der Waals surface area (Å²) in [7, 11) is 0. The summed E-state index contributed by atoms with van der Waals surface area (Å²) in [6.07, 6.45) is 5.92. The van der Waals surface area contributed by atoms with E-state index in [0.29, 0.717) is 22.5 Å². The van der Waals surface area contributed by atoms with E-state index in [-0.39, 0.29) is 12.0 Å². The Balaban J connectivity index is 2.01. The second-order valence-corrected chi connectivity index (χ2v) is 7.39. The monoisotopic (exact) mass is 398 g/mol. The first-order valence-corrected chi connectivity index (χ1v) is 9.24. The molecule has 0 heterocycles. The van der Waals surface area contributed by atoms with E-state index in [1.807, 2.05) is 19.9 Å². The normalized spacial score (nSPS) is 15.3. The second kappa shape index (κ2) is 8.64. The van der Waals surface area contributed by atoms with Gasteiger partial charge in [0, 0.05) is 10.5 Å².